The Hall–Kier alpha value is -1.84. The molecule has 1 heterocycles. The van der Waals surface area contributed by atoms with Crippen LogP contribution in [-0.4, -0.2) is 21.5 Å². The van der Waals surface area contributed by atoms with Crippen LogP contribution in [0.2, 0.25) is 0 Å². The first-order valence-electron chi connectivity index (χ1n) is 6.41. The van der Waals surface area contributed by atoms with Gasteiger partial charge in [-0.25, -0.2) is 4.98 Å². The zero-order valence-electron chi connectivity index (χ0n) is 10.7. The number of carbonyl (C=O) groups excluding carboxylic acids is 1. The maximum Gasteiger partial charge on any atom is 0.243 e. The first kappa shape index (κ1) is 11.3. The smallest absolute Gasteiger partial charge is 0.243 e. The number of aryl methyl sites for hydroxylation is 1. The fraction of sp³-hybridized carbons (Fsp3) is 0.429. The molecule has 4 heteroatoms. The number of carbonyl (C=O) groups is 1. The van der Waals surface area contributed by atoms with Gasteiger partial charge in [-0.3, -0.25) is 4.79 Å². The monoisotopic (exact) mass is 243 g/mol. The maximum atomic E-state index is 12.1. The van der Waals surface area contributed by atoms with Crippen LogP contribution in [0, 0.1) is 6.92 Å². The lowest BCUT2D eigenvalue weighted by Crippen LogP contribution is -2.32. The van der Waals surface area contributed by atoms with Gasteiger partial charge in [0.1, 0.15) is 11.9 Å². The van der Waals surface area contributed by atoms with Gasteiger partial charge in [0.2, 0.25) is 5.91 Å². The van der Waals surface area contributed by atoms with Gasteiger partial charge in [-0.1, -0.05) is 12.1 Å². The van der Waals surface area contributed by atoms with E-state index in [1.165, 1.54) is 0 Å². The van der Waals surface area contributed by atoms with Crippen molar-refractivity contribution in [2.75, 3.05) is 0 Å². The molecule has 0 spiro atoms. The molecule has 0 unspecified atom stereocenters. The Kier molecular flexibility index (Phi) is 2.58. The molecule has 4 nitrogen and oxygen atoms in total. The molecular weight excluding hydrogens is 226 g/mol. The van der Waals surface area contributed by atoms with Crippen LogP contribution < -0.4 is 5.32 Å². The molecule has 0 aliphatic heterocycles. The molecule has 2 aromatic rings. The highest BCUT2D eigenvalue weighted by molar-refractivity contribution is 5.84. The van der Waals surface area contributed by atoms with Crippen molar-refractivity contribution < 1.29 is 4.79 Å². The summed E-state index contributed by atoms with van der Waals surface area (Å²) < 4.78 is 2.01. The molecule has 1 aromatic heterocycles. The van der Waals surface area contributed by atoms with E-state index in [1.807, 2.05) is 42.7 Å². The molecule has 94 valence electrons. The summed E-state index contributed by atoms with van der Waals surface area (Å²) in [7, 11) is 0. The Bertz CT molecular complexity index is 598. The van der Waals surface area contributed by atoms with Gasteiger partial charge in [-0.15, -0.1) is 0 Å². The van der Waals surface area contributed by atoms with E-state index >= 15 is 0 Å². The molecule has 0 radical (unpaired) electrons. The zero-order valence-corrected chi connectivity index (χ0v) is 10.7. The van der Waals surface area contributed by atoms with E-state index in [0.717, 1.165) is 29.7 Å². The van der Waals surface area contributed by atoms with Crippen LogP contribution in [0.4, 0.5) is 0 Å². The second kappa shape index (κ2) is 4.12. The van der Waals surface area contributed by atoms with Gasteiger partial charge in [0.25, 0.3) is 0 Å². The number of nitrogens with zero attached hydrogens (tertiary/aromatic N) is 2. The van der Waals surface area contributed by atoms with Crippen LogP contribution in [0.1, 0.15) is 31.6 Å². The number of rotatable bonds is 3. The lowest BCUT2D eigenvalue weighted by Gasteiger charge is -2.16. The van der Waals surface area contributed by atoms with Gasteiger partial charge < -0.3 is 9.88 Å². The zero-order chi connectivity index (χ0) is 12.7. The number of amides is 1. The molecule has 1 aliphatic carbocycles. The van der Waals surface area contributed by atoms with E-state index in [4.69, 9.17) is 0 Å². The minimum Gasteiger partial charge on any atom is -0.352 e. The van der Waals surface area contributed by atoms with Crippen molar-refractivity contribution in [2.45, 2.75) is 38.8 Å². The van der Waals surface area contributed by atoms with Crippen LogP contribution >= 0.6 is 0 Å². The number of fused-ring (bicyclic) bond motifs is 1. The van der Waals surface area contributed by atoms with Crippen molar-refractivity contribution in [3.05, 3.63) is 30.1 Å². The highest BCUT2D eigenvalue weighted by Gasteiger charge is 2.27. The summed E-state index contributed by atoms with van der Waals surface area (Å²) in [5.74, 6) is 0.971. The maximum absolute atomic E-state index is 12.1. The Morgan fingerprint density at radius 2 is 2.17 bits per heavy atom. The molecule has 3 rings (SSSR count). The molecular formula is C14H17N3O. The fourth-order valence-corrected chi connectivity index (χ4v) is 2.32. The van der Waals surface area contributed by atoms with E-state index in [1.54, 1.807) is 0 Å². The number of hydrogen-bond acceptors (Lipinski definition) is 2. The summed E-state index contributed by atoms with van der Waals surface area (Å²) in [4.78, 5) is 16.6. The number of hydrogen-bond donors (Lipinski definition) is 1. The molecule has 1 aromatic carbocycles. The summed E-state index contributed by atoms with van der Waals surface area (Å²) in [6.07, 6.45) is 2.23. The minimum atomic E-state index is -0.210. The van der Waals surface area contributed by atoms with Gasteiger partial charge in [-0.2, -0.15) is 0 Å². The van der Waals surface area contributed by atoms with Crippen molar-refractivity contribution in [1.82, 2.24) is 14.9 Å². The lowest BCUT2D eigenvalue weighted by molar-refractivity contribution is -0.123. The van der Waals surface area contributed by atoms with Crippen LogP contribution in [0.3, 0.4) is 0 Å². The third kappa shape index (κ3) is 1.88. The normalized spacial score (nSPS) is 16.8. The Morgan fingerprint density at radius 1 is 1.44 bits per heavy atom. The van der Waals surface area contributed by atoms with Gasteiger partial charge in [0.15, 0.2) is 0 Å². The summed E-state index contributed by atoms with van der Waals surface area (Å²) in [6.45, 7) is 3.87. The van der Waals surface area contributed by atoms with Crippen molar-refractivity contribution in [3.8, 4) is 0 Å². The summed E-state index contributed by atoms with van der Waals surface area (Å²) in [6, 6.07) is 8.12. The Balaban J connectivity index is 1.96. The quantitative estimate of drug-likeness (QED) is 0.898. The second-order valence-corrected chi connectivity index (χ2v) is 4.98. The number of para-hydroxylation sites is 2. The molecule has 1 amide bonds. The highest BCUT2D eigenvalue weighted by atomic mass is 16.2. The first-order valence-corrected chi connectivity index (χ1v) is 6.41. The van der Waals surface area contributed by atoms with Gasteiger partial charge in [0.05, 0.1) is 11.0 Å². The molecule has 1 fully saturated rings. The Labute approximate surface area is 106 Å². The van der Waals surface area contributed by atoms with E-state index in [2.05, 4.69) is 10.3 Å². The van der Waals surface area contributed by atoms with E-state index in [9.17, 15) is 4.79 Å². The largest absolute Gasteiger partial charge is 0.352 e. The average Bonchev–Trinajstić information content (AvgIpc) is 3.09. The molecule has 1 N–H and O–H groups in total. The van der Waals surface area contributed by atoms with Crippen LogP contribution in [0.5, 0.6) is 0 Å². The third-order valence-electron chi connectivity index (χ3n) is 3.46. The SMILES string of the molecule is Cc1nc2ccccc2n1[C@@H](C)C(=O)NC1CC1. The molecule has 18 heavy (non-hydrogen) atoms. The number of benzene rings is 1. The average molecular weight is 243 g/mol. The molecule has 1 aliphatic rings. The summed E-state index contributed by atoms with van der Waals surface area (Å²) in [5, 5.41) is 3.05. The number of nitrogens with one attached hydrogen (secondary N) is 1. The second-order valence-electron chi connectivity index (χ2n) is 4.98. The van der Waals surface area contributed by atoms with Crippen molar-refractivity contribution in [3.63, 3.8) is 0 Å². The van der Waals surface area contributed by atoms with Crippen molar-refractivity contribution in [1.29, 1.82) is 0 Å². The van der Waals surface area contributed by atoms with E-state index in [0.29, 0.717) is 6.04 Å². The molecule has 0 bridgehead atoms. The summed E-state index contributed by atoms with van der Waals surface area (Å²) in [5.41, 5.74) is 1.97. The van der Waals surface area contributed by atoms with E-state index < -0.39 is 0 Å². The van der Waals surface area contributed by atoms with Gasteiger partial charge >= 0.3 is 0 Å². The predicted molar refractivity (Wildman–Crippen MR) is 70.3 cm³/mol. The van der Waals surface area contributed by atoms with Crippen LogP contribution in [0.15, 0.2) is 24.3 Å². The van der Waals surface area contributed by atoms with Crippen LogP contribution in [-0.2, 0) is 4.79 Å². The van der Waals surface area contributed by atoms with Crippen LogP contribution in [0.25, 0.3) is 11.0 Å². The number of aromatic nitrogens is 2. The van der Waals surface area contributed by atoms with Crippen molar-refractivity contribution in [2.24, 2.45) is 0 Å². The van der Waals surface area contributed by atoms with Gasteiger partial charge in [-0.05, 0) is 38.8 Å². The predicted octanol–water partition coefficient (Wildman–Crippen LogP) is 2.18. The lowest BCUT2D eigenvalue weighted by atomic mass is 10.2. The van der Waals surface area contributed by atoms with E-state index in [-0.39, 0.29) is 11.9 Å². The highest BCUT2D eigenvalue weighted by Crippen LogP contribution is 2.23. The molecule has 1 saturated carbocycles. The topological polar surface area (TPSA) is 46.9 Å². The van der Waals surface area contributed by atoms with Crippen molar-refractivity contribution >= 4 is 16.9 Å². The first-order chi connectivity index (χ1) is 8.66. The third-order valence-corrected chi connectivity index (χ3v) is 3.46. The fourth-order valence-electron chi connectivity index (χ4n) is 2.32. The van der Waals surface area contributed by atoms with Gasteiger partial charge in [0, 0.05) is 6.04 Å². The molecule has 0 saturated heterocycles. The number of imidazole rings is 1. The standard InChI is InChI=1S/C14H17N3O/c1-9(14(18)16-11-7-8-11)17-10(2)15-12-5-3-4-6-13(12)17/h3-6,9,11H,7-8H2,1-2H3,(H,16,18)/t9-/m0/s1. The molecule has 1 atom stereocenters. The Morgan fingerprint density at radius 3 is 2.89 bits per heavy atom. The summed E-state index contributed by atoms with van der Waals surface area (Å²) >= 11 is 0. The minimum absolute atomic E-state index is 0.0868.